The van der Waals surface area contributed by atoms with Gasteiger partial charge in [0.05, 0.1) is 0 Å². The molecule has 0 heterocycles. The maximum absolute atomic E-state index is 11.8. The second-order valence-corrected chi connectivity index (χ2v) is 4.09. The Labute approximate surface area is 102 Å². The Bertz CT molecular complexity index is 357. The molecule has 3 N–H and O–H groups in total. The number of hydrogen-bond donors (Lipinski definition) is 2. The highest BCUT2D eigenvalue weighted by molar-refractivity contribution is 5.95. The maximum atomic E-state index is 11.8. The third-order valence-corrected chi connectivity index (χ3v) is 2.42. The zero-order valence-electron chi connectivity index (χ0n) is 10.5. The predicted octanol–water partition coefficient (Wildman–Crippen LogP) is 1.73. The summed E-state index contributed by atoms with van der Waals surface area (Å²) in [5, 5.41) is 2.86. The quantitative estimate of drug-likeness (QED) is 0.584. The van der Waals surface area contributed by atoms with Gasteiger partial charge in [0.15, 0.2) is 0 Å². The Morgan fingerprint density at radius 1 is 1.35 bits per heavy atom. The van der Waals surface area contributed by atoms with E-state index < -0.39 is 0 Å². The molecule has 1 rings (SSSR count). The fourth-order valence-corrected chi connectivity index (χ4v) is 1.62. The number of nitrogens with one attached hydrogen (secondary N) is 1. The number of carbonyl (C=O) groups is 1. The molecule has 1 aromatic rings. The van der Waals surface area contributed by atoms with E-state index in [4.69, 9.17) is 10.5 Å². The van der Waals surface area contributed by atoms with Crippen LogP contribution in [0.3, 0.4) is 0 Å². The average molecular weight is 236 g/mol. The lowest BCUT2D eigenvalue weighted by atomic mass is 10.1. The lowest BCUT2D eigenvalue weighted by Crippen LogP contribution is -2.24. The van der Waals surface area contributed by atoms with Gasteiger partial charge in [-0.25, -0.2) is 0 Å². The molecule has 0 aliphatic rings. The number of benzene rings is 1. The fourth-order valence-electron chi connectivity index (χ4n) is 1.62. The summed E-state index contributed by atoms with van der Waals surface area (Å²) in [5.41, 5.74) is 7.93. The standard InChI is InChI=1S/C13H20N2O2/c1-10-7-11(9-12(14)8-10)13(16)15-5-3-4-6-17-2/h7-9H,3-6,14H2,1-2H3,(H,15,16). The molecule has 0 aromatic heterocycles. The van der Waals surface area contributed by atoms with Crippen LogP contribution < -0.4 is 11.1 Å². The summed E-state index contributed by atoms with van der Waals surface area (Å²) < 4.78 is 4.94. The average Bonchev–Trinajstić information content (AvgIpc) is 2.27. The summed E-state index contributed by atoms with van der Waals surface area (Å²) in [5.74, 6) is -0.0715. The van der Waals surface area contributed by atoms with Crippen molar-refractivity contribution in [3.63, 3.8) is 0 Å². The van der Waals surface area contributed by atoms with Crippen molar-refractivity contribution >= 4 is 11.6 Å². The lowest BCUT2D eigenvalue weighted by molar-refractivity contribution is 0.0951. The van der Waals surface area contributed by atoms with Gasteiger partial charge in [0.25, 0.3) is 5.91 Å². The van der Waals surface area contributed by atoms with E-state index in [1.165, 1.54) is 0 Å². The SMILES string of the molecule is COCCCCNC(=O)c1cc(C)cc(N)c1. The molecule has 17 heavy (non-hydrogen) atoms. The van der Waals surface area contributed by atoms with Crippen LogP contribution >= 0.6 is 0 Å². The van der Waals surface area contributed by atoms with Crippen molar-refractivity contribution in [3.8, 4) is 0 Å². The van der Waals surface area contributed by atoms with E-state index >= 15 is 0 Å². The summed E-state index contributed by atoms with van der Waals surface area (Å²) in [6.45, 7) is 3.31. The van der Waals surface area contributed by atoms with Crippen LogP contribution in [0.4, 0.5) is 5.69 Å². The van der Waals surface area contributed by atoms with Crippen LogP contribution in [0.15, 0.2) is 18.2 Å². The van der Waals surface area contributed by atoms with E-state index in [1.54, 1.807) is 13.2 Å². The van der Waals surface area contributed by atoms with Crippen LogP contribution in [0, 0.1) is 6.92 Å². The molecular weight excluding hydrogens is 216 g/mol. The molecule has 0 aliphatic carbocycles. The molecule has 1 aromatic carbocycles. The van der Waals surface area contributed by atoms with Crippen molar-refractivity contribution in [1.29, 1.82) is 0 Å². The summed E-state index contributed by atoms with van der Waals surface area (Å²) in [6, 6.07) is 5.37. The van der Waals surface area contributed by atoms with Gasteiger partial charge in [-0.15, -0.1) is 0 Å². The number of nitrogens with two attached hydrogens (primary N) is 1. The normalized spacial score (nSPS) is 10.2. The Morgan fingerprint density at radius 3 is 2.76 bits per heavy atom. The third-order valence-electron chi connectivity index (χ3n) is 2.42. The monoisotopic (exact) mass is 236 g/mol. The zero-order valence-corrected chi connectivity index (χ0v) is 10.5. The van der Waals surface area contributed by atoms with Gasteiger partial charge >= 0.3 is 0 Å². The first-order valence-electron chi connectivity index (χ1n) is 5.78. The lowest BCUT2D eigenvalue weighted by Gasteiger charge is -2.06. The largest absolute Gasteiger partial charge is 0.399 e. The van der Waals surface area contributed by atoms with E-state index in [1.807, 2.05) is 19.1 Å². The maximum Gasteiger partial charge on any atom is 0.251 e. The van der Waals surface area contributed by atoms with Crippen molar-refractivity contribution in [2.45, 2.75) is 19.8 Å². The van der Waals surface area contributed by atoms with Crippen LogP contribution in [0.25, 0.3) is 0 Å². The highest BCUT2D eigenvalue weighted by Crippen LogP contribution is 2.10. The number of unbranched alkanes of at least 4 members (excludes halogenated alkanes) is 1. The number of nitrogen functional groups attached to an aromatic ring is 1. The number of rotatable bonds is 6. The Morgan fingerprint density at radius 2 is 2.12 bits per heavy atom. The van der Waals surface area contributed by atoms with Gasteiger partial charge in [-0.05, 0) is 43.5 Å². The molecule has 4 nitrogen and oxygen atoms in total. The van der Waals surface area contributed by atoms with Crippen LogP contribution in [0.5, 0.6) is 0 Å². The molecule has 1 amide bonds. The van der Waals surface area contributed by atoms with Crippen LogP contribution in [0.1, 0.15) is 28.8 Å². The number of aryl methyl sites for hydroxylation is 1. The predicted molar refractivity (Wildman–Crippen MR) is 69.0 cm³/mol. The minimum absolute atomic E-state index is 0.0715. The second kappa shape index (κ2) is 6.91. The number of ether oxygens (including phenoxy) is 1. The molecule has 0 atom stereocenters. The van der Waals surface area contributed by atoms with Gasteiger partial charge in [0, 0.05) is 31.5 Å². The Kier molecular flexibility index (Phi) is 5.49. The summed E-state index contributed by atoms with van der Waals surface area (Å²) >= 11 is 0. The highest BCUT2D eigenvalue weighted by Gasteiger charge is 2.05. The first-order chi connectivity index (χ1) is 8.13. The van der Waals surface area contributed by atoms with E-state index in [0.29, 0.717) is 17.8 Å². The van der Waals surface area contributed by atoms with Crippen molar-refractivity contribution in [2.75, 3.05) is 26.0 Å². The molecule has 0 fully saturated rings. The number of amides is 1. The smallest absolute Gasteiger partial charge is 0.251 e. The molecule has 94 valence electrons. The van der Waals surface area contributed by atoms with E-state index in [0.717, 1.165) is 25.0 Å². The molecule has 0 unspecified atom stereocenters. The minimum atomic E-state index is -0.0715. The summed E-state index contributed by atoms with van der Waals surface area (Å²) in [4.78, 5) is 11.8. The van der Waals surface area contributed by atoms with Gasteiger partial charge < -0.3 is 15.8 Å². The molecule has 0 aliphatic heterocycles. The molecule has 4 heteroatoms. The Hall–Kier alpha value is -1.55. The zero-order chi connectivity index (χ0) is 12.7. The molecular formula is C13H20N2O2. The molecule has 0 saturated carbocycles. The first-order valence-corrected chi connectivity index (χ1v) is 5.78. The van der Waals surface area contributed by atoms with Gasteiger partial charge in [-0.3, -0.25) is 4.79 Å². The Balaban J connectivity index is 2.41. The van der Waals surface area contributed by atoms with E-state index in [-0.39, 0.29) is 5.91 Å². The van der Waals surface area contributed by atoms with Crippen molar-refractivity contribution in [2.24, 2.45) is 0 Å². The number of hydrogen-bond acceptors (Lipinski definition) is 3. The first kappa shape index (κ1) is 13.5. The fraction of sp³-hybridized carbons (Fsp3) is 0.462. The third kappa shape index (κ3) is 4.87. The van der Waals surface area contributed by atoms with Crippen LogP contribution in [-0.4, -0.2) is 26.2 Å². The van der Waals surface area contributed by atoms with Gasteiger partial charge in [0.2, 0.25) is 0 Å². The van der Waals surface area contributed by atoms with E-state index in [2.05, 4.69) is 5.32 Å². The summed E-state index contributed by atoms with van der Waals surface area (Å²) in [7, 11) is 1.67. The van der Waals surface area contributed by atoms with E-state index in [9.17, 15) is 4.79 Å². The second-order valence-electron chi connectivity index (χ2n) is 4.09. The van der Waals surface area contributed by atoms with Crippen LogP contribution in [0.2, 0.25) is 0 Å². The van der Waals surface area contributed by atoms with Crippen LogP contribution in [-0.2, 0) is 4.74 Å². The van der Waals surface area contributed by atoms with Crippen molar-refractivity contribution in [1.82, 2.24) is 5.32 Å². The van der Waals surface area contributed by atoms with Gasteiger partial charge in [0.1, 0.15) is 0 Å². The highest BCUT2D eigenvalue weighted by atomic mass is 16.5. The molecule has 0 radical (unpaired) electrons. The number of methoxy groups -OCH3 is 1. The molecule has 0 saturated heterocycles. The number of anilines is 1. The van der Waals surface area contributed by atoms with Gasteiger partial charge in [-0.1, -0.05) is 0 Å². The summed E-state index contributed by atoms with van der Waals surface area (Å²) in [6.07, 6.45) is 1.87. The minimum Gasteiger partial charge on any atom is -0.399 e. The van der Waals surface area contributed by atoms with Gasteiger partial charge in [-0.2, -0.15) is 0 Å². The topological polar surface area (TPSA) is 64.3 Å². The van der Waals surface area contributed by atoms with Crippen molar-refractivity contribution < 1.29 is 9.53 Å². The molecule has 0 bridgehead atoms. The number of carbonyl (C=O) groups excluding carboxylic acids is 1. The van der Waals surface area contributed by atoms with Crippen molar-refractivity contribution in [3.05, 3.63) is 29.3 Å². The molecule has 0 spiro atoms.